The molecule has 0 fully saturated rings. The second kappa shape index (κ2) is 4.01. The molecule has 3 heteroatoms. The third kappa shape index (κ3) is 1.92. The van der Waals surface area contributed by atoms with Gasteiger partial charge >= 0.3 is 109 Å². The molecule has 1 aromatic rings. The van der Waals surface area contributed by atoms with Gasteiger partial charge in [-0.2, -0.15) is 0 Å². The zero-order valence-electron chi connectivity index (χ0n) is 11.2. The van der Waals surface area contributed by atoms with E-state index in [4.69, 9.17) is 4.98 Å². The number of hydrogen-bond acceptors (Lipinski definition) is 1. The molecule has 0 aromatic carbocycles. The fourth-order valence-corrected chi connectivity index (χ4v) is 4.66. The van der Waals surface area contributed by atoms with Crippen molar-refractivity contribution in [2.75, 3.05) is 0 Å². The SMILES string of the molecule is [Li][C]1([Si](C)(C)C)CCCc2cc(C)cnc21. The van der Waals surface area contributed by atoms with Crippen molar-refractivity contribution in [3.05, 3.63) is 29.1 Å². The summed E-state index contributed by atoms with van der Waals surface area (Å²) in [7, 11) is -1.21. The first-order valence-electron chi connectivity index (χ1n) is 6.30. The van der Waals surface area contributed by atoms with E-state index in [1.54, 1.807) is 0 Å². The molecule has 0 saturated heterocycles. The van der Waals surface area contributed by atoms with Crippen LogP contribution in [0.2, 0.25) is 19.6 Å². The third-order valence-corrected chi connectivity index (χ3v) is 8.20. The molecule has 1 aromatic heterocycles. The van der Waals surface area contributed by atoms with E-state index in [9.17, 15) is 0 Å². The van der Waals surface area contributed by atoms with Gasteiger partial charge in [-0.3, -0.25) is 0 Å². The minimum atomic E-state index is -1.21. The molecule has 82 valence electrons. The van der Waals surface area contributed by atoms with Crippen molar-refractivity contribution in [3.63, 3.8) is 0 Å². The fraction of sp³-hybridized carbons (Fsp3) is 0.615. The van der Waals surface area contributed by atoms with Crippen molar-refractivity contribution in [3.8, 4) is 0 Å². The molecule has 1 aliphatic rings. The molecule has 0 saturated carbocycles. The van der Waals surface area contributed by atoms with E-state index in [2.05, 4.69) is 50.3 Å². The van der Waals surface area contributed by atoms with Gasteiger partial charge in [-0.25, -0.2) is 0 Å². The Labute approximate surface area is 109 Å². The third-order valence-electron chi connectivity index (χ3n) is 4.40. The summed E-state index contributed by atoms with van der Waals surface area (Å²) in [5, 5.41) is 0. The summed E-state index contributed by atoms with van der Waals surface area (Å²) in [5.41, 5.74) is 4.22. The maximum atomic E-state index is 4.77. The van der Waals surface area contributed by atoms with E-state index in [1.165, 1.54) is 36.1 Å². The molecule has 0 amide bonds. The van der Waals surface area contributed by atoms with Gasteiger partial charge < -0.3 is 0 Å². The first-order chi connectivity index (χ1) is 7.34. The van der Waals surface area contributed by atoms with Crippen molar-refractivity contribution in [2.45, 2.75) is 49.5 Å². The Morgan fingerprint density at radius 3 is 2.69 bits per heavy atom. The van der Waals surface area contributed by atoms with Crippen LogP contribution in [-0.4, -0.2) is 30.8 Å². The van der Waals surface area contributed by atoms with Crippen molar-refractivity contribution in [2.24, 2.45) is 0 Å². The standard InChI is InChI=1S/C13H20NSi.Li/c1-10-8-11-6-5-7-12(15(2,3)4)13(11)14-9-10;/h8-9H,5-7H2,1-4H3;. The Balaban J connectivity index is 2.56. The van der Waals surface area contributed by atoms with Crippen LogP contribution >= 0.6 is 0 Å². The summed E-state index contributed by atoms with van der Waals surface area (Å²) in [6.45, 7) is 9.57. The molecule has 0 radical (unpaired) electrons. The van der Waals surface area contributed by atoms with E-state index in [0.717, 1.165) is 0 Å². The predicted molar refractivity (Wildman–Crippen MR) is 72.7 cm³/mol. The average Bonchev–Trinajstić information content (AvgIpc) is 2.15. The van der Waals surface area contributed by atoms with Crippen molar-refractivity contribution in [1.29, 1.82) is 0 Å². The van der Waals surface area contributed by atoms with Crippen LogP contribution in [0.5, 0.6) is 0 Å². The molecule has 16 heavy (non-hydrogen) atoms. The molecule has 1 atom stereocenters. The summed E-state index contributed by atoms with van der Waals surface area (Å²) in [5.74, 6) is 0. The van der Waals surface area contributed by atoms with E-state index in [0.29, 0.717) is 3.71 Å². The maximum absolute atomic E-state index is 4.77. The van der Waals surface area contributed by atoms with Gasteiger partial charge in [0.1, 0.15) is 0 Å². The Morgan fingerprint density at radius 1 is 1.38 bits per heavy atom. The number of nitrogens with zero attached hydrogens (tertiary/aromatic N) is 1. The van der Waals surface area contributed by atoms with E-state index < -0.39 is 8.07 Å². The molecule has 1 nitrogen and oxygen atoms in total. The number of rotatable bonds is 1. The van der Waals surface area contributed by atoms with Gasteiger partial charge in [-0.05, 0) is 0 Å². The summed E-state index contributed by atoms with van der Waals surface area (Å²) in [6.07, 6.45) is 5.93. The second-order valence-electron chi connectivity index (χ2n) is 6.46. The van der Waals surface area contributed by atoms with Crippen LogP contribution in [0.3, 0.4) is 0 Å². The molecule has 1 aliphatic carbocycles. The molecular formula is C13H20LiNSi. The van der Waals surface area contributed by atoms with Gasteiger partial charge in [-0.1, -0.05) is 0 Å². The van der Waals surface area contributed by atoms with E-state index in [-0.39, 0.29) is 0 Å². The van der Waals surface area contributed by atoms with E-state index >= 15 is 0 Å². The number of hydrogen-bond donors (Lipinski definition) is 0. The fourth-order valence-electron chi connectivity index (χ4n) is 2.80. The molecule has 1 heterocycles. The summed E-state index contributed by atoms with van der Waals surface area (Å²) >= 11 is 2.44. The minimum absolute atomic E-state index is 0.369. The molecule has 1 unspecified atom stereocenters. The summed E-state index contributed by atoms with van der Waals surface area (Å²) < 4.78 is 0.369. The van der Waals surface area contributed by atoms with Crippen LogP contribution in [0.4, 0.5) is 0 Å². The van der Waals surface area contributed by atoms with Crippen LogP contribution in [0.15, 0.2) is 12.3 Å². The first kappa shape index (κ1) is 12.4. The van der Waals surface area contributed by atoms with Gasteiger partial charge in [0.2, 0.25) is 0 Å². The Kier molecular flexibility index (Phi) is 3.12. The topological polar surface area (TPSA) is 12.9 Å². The zero-order chi connectivity index (χ0) is 12.0. The quantitative estimate of drug-likeness (QED) is 0.670. The molecular weight excluding hydrogens is 205 g/mol. The van der Waals surface area contributed by atoms with Gasteiger partial charge in [0.05, 0.1) is 0 Å². The van der Waals surface area contributed by atoms with Crippen LogP contribution in [0.1, 0.15) is 29.7 Å². The normalized spacial score (nSPS) is 25.4. The van der Waals surface area contributed by atoms with Gasteiger partial charge in [-0.15, -0.1) is 0 Å². The number of pyridine rings is 1. The Hall–Kier alpha value is -0.0357. The molecule has 0 aliphatic heterocycles. The molecule has 2 rings (SSSR count). The average molecular weight is 225 g/mol. The molecule has 0 N–H and O–H groups in total. The monoisotopic (exact) mass is 225 g/mol. The number of fused-ring (bicyclic) bond motifs is 1. The predicted octanol–water partition coefficient (Wildman–Crippen LogP) is 2.97. The Bertz CT molecular complexity index is 411. The van der Waals surface area contributed by atoms with Gasteiger partial charge in [0.15, 0.2) is 0 Å². The molecule has 0 spiro atoms. The van der Waals surface area contributed by atoms with Crippen molar-refractivity contribution >= 4 is 25.8 Å². The van der Waals surface area contributed by atoms with Crippen LogP contribution < -0.4 is 0 Å². The van der Waals surface area contributed by atoms with Crippen molar-refractivity contribution in [1.82, 2.24) is 4.98 Å². The van der Waals surface area contributed by atoms with Gasteiger partial charge in [0.25, 0.3) is 0 Å². The number of aryl methyl sites for hydroxylation is 2. The van der Waals surface area contributed by atoms with Crippen molar-refractivity contribution < 1.29 is 0 Å². The second-order valence-corrected chi connectivity index (χ2v) is 12.1. The number of aromatic nitrogens is 1. The van der Waals surface area contributed by atoms with Crippen LogP contribution in [0, 0.1) is 6.92 Å². The van der Waals surface area contributed by atoms with Gasteiger partial charge in [0, 0.05) is 0 Å². The summed E-state index contributed by atoms with van der Waals surface area (Å²) in [6, 6.07) is 2.35. The first-order valence-corrected chi connectivity index (χ1v) is 9.80. The Morgan fingerprint density at radius 2 is 2.06 bits per heavy atom. The van der Waals surface area contributed by atoms with Crippen LogP contribution in [-0.2, 0) is 10.1 Å². The van der Waals surface area contributed by atoms with Crippen LogP contribution in [0.25, 0.3) is 0 Å². The molecule has 0 bridgehead atoms. The van der Waals surface area contributed by atoms with E-state index in [1.807, 2.05) is 6.20 Å². The zero-order valence-corrected chi connectivity index (χ0v) is 12.2. The summed E-state index contributed by atoms with van der Waals surface area (Å²) in [4.78, 5) is 4.77.